The third kappa shape index (κ3) is 3.32. The van der Waals surface area contributed by atoms with Gasteiger partial charge in [0.1, 0.15) is 11.3 Å². The Balaban J connectivity index is 1.57. The Bertz CT molecular complexity index is 916. The number of carbonyl (C=O) groups is 1. The third-order valence-corrected chi connectivity index (χ3v) is 5.07. The Kier molecular flexibility index (Phi) is 4.42. The van der Waals surface area contributed by atoms with Crippen molar-refractivity contribution in [1.82, 2.24) is 20.3 Å². The molecule has 0 saturated heterocycles. The second-order valence-electron chi connectivity index (χ2n) is 7.01. The molecule has 26 heavy (non-hydrogen) atoms. The van der Waals surface area contributed by atoms with E-state index >= 15 is 0 Å². The number of aromatic amines is 1. The normalized spacial score (nSPS) is 20.5. The molecule has 3 aromatic rings. The fraction of sp³-hybridized carbons (Fsp3) is 0.350. The number of pyridine rings is 1. The average Bonchev–Trinajstić information content (AvgIpc) is 2.99. The first kappa shape index (κ1) is 16.7. The topological polar surface area (TPSA) is 90.9 Å². The lowest BCUT2D eigenvalue weighted by Gasteiger charge is -2.38. The van der Waals surface area contributed by atoms with Crippen LogP contribution < -0.4 is 5.32 Å². The number of benzene rings is 1. The van der Waals surface area contributed by atoms with E-state index in [1.165, 1.54) is 0 Å². The van der Waals surface area contributed by atoms with Gasteiger partial charge in [0.2, 0.25) is 0 Å². The van der Waals surface area contributed by atoms with Crippen molar-refractivity contribution in [3.05, 3.63) is 59.7 Å². The molecular weight excluding hydrogens is 328 g/mol. The summed E-state index contributed by atoms with van der Waals surface area (Å²) in [4.78, 5) is 24.9. The number of aryl methyl sites for hydroxylation is 1. The zero-order valence-corrected chi connectivity index (χ0v) is 14.6. The zero-order valence-electron chi connectivity index (χ0n) is 14.6. The van der Waals surface area contributed by atoms with Gasteiger partial charge >= 0.3 is 0 Å². The summed E-state index contributed by atoms with van der Waals surface area (Å²) in [7, 11) is 0. The quantitative estimate of drug-likeness (QED) is 0.659. The molecule has 1 unspecified atom stereocenters. The fourth-order valence-electron chi connectivity index (χ4n) is 3.62. The molecule has 1 fully saturated rings. The van der Waals surface area contributed by atoms with Crippen LogP contribution in [-0.4, -0.2) is 38.1 Å². The number of aromatic nitrogens is 3. The van der Waals surface area contributed by atoms with Crippen LogP contribution in [0.4, 0.5) is 0 Å². The van der Waals surface area contributed by atoms with E-state index in [0.29, 0.717) is 30.3 Å². The molecule has 1 amide bonds. The molecule has 1 aromatic carbocycles. The number of hydrogen-bond donors (Lipinski definition) is 3. The van der Waals surface area contributed by atoms with Crippen molar-refractivity contribution in [2.24, 2.45) is 5.92 Å². The van der Waals surface area contributed by atoms with E-state index < -0.39 is 0 Å². The fourth-order valence-corrected chi connectivity index (χ4v) is 3.62. The lowest BCUT2D eigenvalue weighted by molar-refractivity contribution is 0.0238. The number of hydrogen-bond acceptors (Lipinski definition) is 4. The molecule has 6 heteroatoms. The van der Waals surface area contributed by atoms with E-state index in [2.05, 4.69) is 20.3 Å². The minimum Gasteiger partial charge on any atom is -0.393 e. The standard InChI is InChI=1S/C20H22N4O2/c1-12-22-17-7-4-6-16(19(17)23-12)20(26)24-18(13-9-15(25)10-13)11-14-5-2-3-8-21-14/h2-8,13,15,18,25H,9-11H2,1H3,(H,22,23)(H,24,26). The highest BCUT2D eigenvalue weighted by Crippen LogP contribution is 2.32. The second-order valence-corrected chi connectivity index (χ2v) is 7.01. The van der Waals surface area contributed by atoms with E-state index in [9.17, 15) is 9.90 Å². The van der Waals surface area contributed by atoms with Crippen LogP contribution in [0.25, 0.3) is 11.0 Å². The molecule has 0 bridgehead atoms. The monoisotopic (exact) mass is 350 g/mol. The van der Waals surface area contributed by atoms with Gasteiger partial charge in [-0.15, -0.1) is 0 Å². The Morgan fingerprint density at radius 1 is 1.31 bits per heavy atom. The van der Waals surface area contributed by atoms with Gasteiger partial charge in [0.25, 0.3) is 5.91 Å². The maximum absolute atomic E-state index is 12.9. The highest BCUT2D eigenvalue weighted by atomic mass is 16.3. The summed E-state index contributed by atoms with van der Waals surface area (Å²) in [6.45, 7) is 1.88. The number of H-pyrrole nitrogens is 1. The van der Waals surface area contributed by atoms with Gasteiger partial charge in [-0.05, 0) is 49.9 Å². The molecule has 2 heterocycles. The summed E-state index contributed by atoms with van der Waals surface area (Å²) in [6.07, 6.45) is 3.57. The van der Waals surface area contributed by atoms with Crippen LogP contribution >= 0.6 is 0 Å². The van der Waals surface area contributed by atoms with E-state index in [-0.39, 0.29) is 24.0 Å². The van der Waals surface area contributed by atoms with Gasteiger partial charge in [-0.1, -0.05) is 12.1 Å². The number of rotatable bonds is 5. The van der Waals surface area contributed by atoms with E-state index in [0.717, 1.165) is 17.0 Å². The van der Waals surface area contributed by atoms with Gasteiger partial charge in [0.05, 0.1) is 17.2 Å². The van der Waals surface area contributed by atoms with Gasteiger partial charge in [0, 0.05) is 24.4 Å². The second kappa shape index (κ2) is 6.88. The van der Waals surface area contributed by atoms with Crippen LogP contribution in [0.3, 0.4) is 0 Å². The molecule has 1 saturated carbocycles. The Hall–Kier alpha value is -2.73. The predicted molar refractivity (Wildman–Crippen MR) is 98.8 cm³/mol. The van der Waals surface area contributed by atoms with Gasteiger partial charge in [-0.3, -0.25) is 9.78 Å². The first-order valence-electron chi connectivity index (χ1n) is 8.94. The molecule has 3 N–H and O–H groups in total. The molecule has 4 rings (SSSR count). The van der Waals surface area contributed by atoms with Crippen LogP contribution in [0.2, 0.25) is 0 Å². The van der Waals surface area contributed by atoms with Gasteiger partial charge < -0.3 is 15.4 Å². The number of imidazole rings is 1. The van der Waals surface area contributed by atoms with Crippen LogP contribution in [0, 0.1) is 12.8 Å². The molecule has 1 aliphatic rings. The Labute approximate surface area is 151 Å². The summed E-state index contributed by atoms with van der Waals surface area (Å²) in [5.41, 5.74) is 3.05. The van der Waals surface area contributed by atoms with Crippen LogP contribution in [0.15, 0.2) is 42.6 Å². The SMILES string of the molecule is Cc1nc2c(C(=O)NC(Cc3ccccn3)C3CC(O)C3)cccc2[nH]1. The zero-order chi connectivity index (χ0) is 18.1. The number of nitrogens with one attached hydrogen (secondary N) is 2. The van der Waals surface area contributed by atoms with Crippen molar-refractivity contribution < 1.29 is 9.90 Å². The number of para-hydroxylation sites is 1. The van der Waals surface area contributed by atoms with Gasteiger partial charge in [0.15, 0.2) is 0 Å². The average molecular weight is 350 g/mol. The lowest BCUT2D eigenvalue weighted by atomic mass is 9.76. The molecule has 0 spiro atoms. The number of amides is 1. The molecule has 1 atom stereocenters. The highest BCUT2D eigenvalue weighted by Gasteiger charge is 2.35. The number of aliphatic hydroxyl groups is 1. The molecule has 1 aliphatic carbocycles. The summed E-state index contributed by atoms with van der Waals surface area (Å²) >= 11 is 0. The van der Waals surface area contributed by atoms with Crippen molar-refractivity contribution in [3.63, 3.8) is 0 Å². The van der Waals surface area contributed by atoms with E-state index in [1.807, 2.05) is 37.3 Å². The van der Waals surface area contributed by atoms with Crippen molar-refractivity contribution >= 4 is 16.9 Å². The highest BCUT2D eigenvalue weighted by molar-refractivity contribution is 6.05. The van der Waals surface area contributed by atoms with Crippen LogP contribution in [0.1, 0.15) is 34.7 Å². The third-order valence-electron chi connectivity index (χ3n) is 5.07. The molecular formula is C20H22N4O2. The van der Waals surface area contributed by atoms with Gasteiger partial charge in [-0.2, -0.15) is 0 Å². The minimum absolute atomic E-state index is 0.0592. The summed E-state index contributed by atoms with van der Waals surface area (Å²) < 4.78 is 0. The number of nitrogens with zero attached hydrogens (tertiary/aromatic N) is 2. The lowest BCUT2D eigenvalue weighted by Crippen LogP contribution is -2.48. The molecule has 0 radical (unpaired) electrons. The van der Waals surface area contributed by atoms with Gasteiger partial charge in [-0.25, -0.2) is 4.98 Å². The van der Waals surface area contributed by atoms with Crippen molar-refractivity contribution in [2.45, 2.75) is 38.3 Å². The first-order chi connectivity index (χ1) is 12.6. The van der Waals surface area contributed by atoms with Crippen molar-refractivity contribution in [2.75, 3.05) is 0 Å². The number of fused-ring (bicyclic) bond motifs is 1. The Morgan fingerprint density at radius 2 is 2.15 bits per heavy atom. The number of carbonyl (C=O) groups excluding carboxylic acids is 1. The maximum atomic E-state index is 12.9. The minimum atomic E-state index is -0.263. The molecule has 6 nitrogen and oxygen atoms in total. The molecule has 2 aromatic heterocycles. The number of aliphatic hydroxyl groups excluding tert-OH is 1. The van der Waals surface area contributed by atoms with Crippen molar-refractivity contribution in [3.8, 4) is 0 Å². The van der Waals surface area contributed by atoms with Crippen molar-refractivity contribution in [1.29, 1.82) is 0 Å². The summed E-state index contributed by atoms with van der Waals surface area (Å²) in [5, 5.41) is 12.8. The molecule has 0 aliphatic heterocycles. The summed E-state index contributed by atoms with van der Waals surface area (Å²) in [6, 6.07) is 11.3. The smallest absolute Gasteiger partial charge is 0.253 e. The van der Waals surface area contributed by atoms with E-state index in [4.69, 9.17) is 0 Å². The predicted octanol–water partition coefficient (Wildman–Crippen LogP) is 2.38. The largest absolute Gasteiger partial charge is 0.393 e. The maximum Gasteiger partial charge on any atom is 0.253 e. The van der Waals surface area contributed by atoms with Crippen LogP contribution in [-0.2, 0) is 6.42 Å². The molecule has 134 valence electrons. The van der Waals surface area contributed by atoms with Crippen LogP contribution in [0.5, 0.6) is 0 Å². The summed E-state index contributed by atoms with van der Waals surface area (Å²) in [5.74, 6) is 0.910. The first-order valence-corrected chi connectivity index (χ1v) is 8.94. The Morgan fingerprint density at radius 3 is 2.88 bits per heavy atom. The van der Waals surface area contributed by atoms with E-state index in [1.54, 1.807) is 12.3 Å².